The van der Waals surface area contributed by atoms with E-state index in [2.05, 4.69) is 0 Å². The van der Waals surface area contributed by atoms with Crippen molar-refractivity contribution >= 4 is 23.8 Å². The van der Waals surface area contributed by atoms with Gasteiger partial charge in [-0.1, -0.05) is 6.07 Å². The van der Waals surface area contributed by atoms with E-state index in [1.54, 1.807) is 20.8 Å². The highest BCUT2D eigenvalue weighted by Gasteiger charge is 2.39. The fraction of sp³-hybridized carbons (Fsp3) is 0.444. The number of ether oxygens (including phenoxy) is 2. The maximum atomic E-state index is 12.5. The van der Waals surface area contributed by atoms with E-state index in [-0.39, 0.29) is 12.3 Å². The fourth-order valence-electron chi connectivity index (χ4n) is 2.76. The van der Waals surface area contributed by atoms with Gasteiger partial charge in [-0.05, 0) is 58.4 Å². The van der Waals surface area contributed by atoms with Crippen molar-refractivity contribution in [1.82, 2.24) is 0 Å². The first-order chi connectivity index (χ1) is 10.6. The van der Waals surface area contributed by atoms with Crippen LogP contribution in [0.15, 0.2) is 18.2 Å². The van der Waals surface area contributed by atoms with Crippen LogP contribution in [0.3, 0.4) is 0 Å². The third-order valence-corrected chi connectivity index (χ3v) is 3.68. The van der Waals surface area contributed by atoms with E-state index in [1.165, 1.54) is 0 Å². The summed E-state index contributed by atoms with van der Waals surface area (Å²) >= 11 is 0. The molecule has 0 aliphatic carbocycles. The second kappa shape index (κ2) is 4.85. The van der Waals surface area contributed by atoms with Crippen molar-refractivity contribution in [1.29, 1.82) is 0 Å². The van der Waals surface area contributed by atoms with Crippen LogP contribution in [0.2, 0.25) is 0 Å². The van der Waals surface area contributed by atoms with Crippen LogP contribution in [0.4, 0.5) is 10.5 Å². The standard InChI is InChI=1S/C18H21NO4/c1-17(2,3)23-16(21)19-14(20)10-11-6-7-13-12(15(11)19)8-9-18(4,5)22-13/h6-9H,10H2,1-5H3. The smallest absolute Gasteiger partial charge is 0.421 e. The summed E-state index contributed by atoms with van der Waals surface area (Å²) in [6.07, 6.45) is 3.38. The van der Waals surface area contributed by atoms with Crippen LogP contribution >= 0.6 is 0 Å². The number of amides is 2. The van der Waals surface area contributed by atoms with Gasteiger partial charge in [0.25, 0.3) is 0 Å². The second-order valence-corrected chi connectivity index (χ2v) is 7.41. The summed E-state index contributed by atoms with van der Waals surface area (Å²) in [6, 6.07) is 3.69. The molecule has 0 saturated heterocycles. The molecule has 23 heavy (non-hydrogen) atoms. The molecule has 2 amide bonds. The Hall–Kier alpha value is -2.30. The predicted octanol–water partition coefficient (Wildman–Crippen LogP) is 3.70. The summed E-state index contributed by atoms with van der Waals surface area (Å²) in [6.45, 7) is 9.24. The Labute approximate surface area is 135 Å². The van der Waals surface area contributed by atoms with Crippen molar-refractivity contribution < 1.29 is 19.1 Å². The predicted molar refractivity (Wildman–Crippen MR) is 87.6 cm³/mol. The molecular formula is C18H21NO4. The van der Waals surface area contributed by atoms with Gasteiger partial charge in [-0.25, -0.2) is 9.69 Å². The van der Waals surface area contributed by atoms with Gasteiger partial charge >= 0.3 is 6.09 Å². The van der Waals surface area contributed by atoms with Crippen LogP contribution in [0.5, 0.6) is 5.75 Å². The van der Waals surface area contributed by atoms with Gasteiger partial charge < -0.3 is 9.47 Å². The quantitative estimate of drug-likeness (QED) is 0.732. The topological polar surface area (TPSA) is 55.8 Å². The van der Waals surface area contributed by atoms with Gasteiger partial charge in [-0.2, -0.15) is 0 Å². The number of carbonyl (C=O) groups is 2. The maximum absolute atomic E-state index is 12.5. The molecule has 0 spiro atoms. The Kier molecular flexibility index (Phi) is 3.29. The number of rotatable bonds is 0. The summed E-state index contributed by atoms with van der Waals surface area (Å²) in [5.41, 5.74) is 1.06. The van der Waals surface area contributed by atoms with Gasteiger partial charge in [0.1, 0.15) is 17.0 Å². The summed E-state index contributed by atoms with van der Waals surface area (Å²) in [4.78, 5) is 25.9. The van der Waals surface area contributed by atoms with E-state index in [0.717, 1.165) is 16.0 Å². The van der Waals surface area contributed by atoms with E-state index in [1.807, 2.05) is 38.1 Å². The average Bonchev–Trinajstić information content (AvgIpc) is 2.71. The van der Waals surface area contributed by atoms with Crippen molar-refractivity contribution in [3.8, 4) is 5.75 Å². The molecule has 0 unspecified atom stereocenters. The zero-order chi connectivity index (χ0) is 17.0. The lowest BCUT2D eigenvalue weighted by Gasteiger charge is -2.30. The van der Waals surface area contributed by atoms with Crippen LogP contribution in [-0.4, -0.2) is 23.2 Å². The largest absolute Gasteiger partial charge is 0.483 e. The number of carbonyl (C=O) groups excluding carboxylic acids is 2. The molecule has 0 radical (unpaired) electrons. The van der Waals surface area contributed by atoms with Gasteiger partial charge in [0.2, 0.25) is 5.91 Å². The van der Waals surface area contributed by atoms with Crippen LogP contribution < -0.4 is 9.64 Å². The van der Waals surface area contributed by atoms with Gasteiger partial charge in [0.15, 0.2) is 0 Å². The van der Waals surface area contributed by atoms with Gasteiger partial charge in [0, 0.05) is 5.56 Å². The van der Waals surface area contributed by atoms with Gasteiger partial charge in [-0.3, -0.25) is 4.79 Å². The van der Waals surface area contributed by atoms with Gasteiger partial charge in [0.05, 0.1) is 12.1 Å². The second-order valence-electron chi connectivity index (χ2n) is 7.41. The van der Waals surface area contributed by atoms with Crippen molar-refractivity contribution in [2.24, 2.45) is 0 Å². The maximum Gasteiger partial charge on any atom is 0.421 e. The molecule has 1 aromatic carbocycles. The molecule has 122 valence electrons. The van der Waals surface area contributed by atoms with Crippen molar-refractivity contribution in [3.63, 3.8) is 0 Å². The first kappa shape index (κ1) is 15.6. The Bertz CT molecular complexity index is 725. The van der Waals surface area contributed by atoms with E-state index in [0.29, 0.717) is 11.4 Å². The van der Waals surface area contributed by atoms with Crippen molar-refractivity contribution in [2.75, 3.05) is 4.90 Å². The normalized spacial score (nSPS) is 18.3. The minimum atomic E-state index is -0.663. The number of anilines is 1. The summed E-state index contributed by atoms with van der Waals surface area (Å²) in [5.74, 6) is 0.389. The SMILES string of the molecule is CC(C)(C)OC(=O)N1C(=O)Cc2ccc3c(c21)C=CC(C)(C)O3. The fourth-order valence-corrected chi connectivity index (χ4v) is 2.76. The highest BCUT2D eigenvalue weighted by molar-refractivity contribution is 6.18. The van der Waals surface area contributed by atoms with Crippen molar-refractivity contribution in [3.05, 3.63) is 29.3 Å². The van der Waals surface area contributed by atoms with Crippen LogP contribution in [0.25, 0.3) is 6.08 Å². The lowest BCUT2D eigenvalue weighted by Crippen LogP contribution is -2.39. The van der Waals surface area contributed by atoms with Crippen molar-refractivity contribution in [2.45, 2.75) is 52.2 Å². The zero-order valence-electron chi connectivity index (χ0n) is 14.1. The Morgan fingerprint density at radius 3 is 2.65 bits per heavy atom. The lowest BCUT2D eigenvalue weighted by atomic mass is 9.99. The highest BCUT2D eigenvalue weighted by Crippen LogP contribution is 2.43. The zero-order valence-corrected chi connectivity index (χ0v) is 14.1. The van der Waals surface area contributed by atoms with E-state index >= 15 is 0 Å². The number of hydrogen-bond acceptors (Lipinski definition) is 4. The summed E-state index contributed by atoms with van der Waals surface area (Å²) in [5, 5.41) is 0. The molecule has 5 nitrogen and oxygen atoms in total. The molecule has 1 aromatic rings. The number of imide groups is 1. The average molecular weight is 315 g/mol. The molecule has 5 heteroatoms. The summed E-state index contributed by atoms with van der Waals surface area (Å²) in [7, 11) is 0. The molecule has 2 aliphatic heterocycles. The van der Waals surface area contributed by atoms with E-state index < -0.39 is 17.3 Å². The van der Waals surface area contributed by atoms with Crippen LogP contribution in [0, 0.1) is 0 Å². The minimum absolute atomic E-state index is 0.194. The molecule has 2 aliphatic rings. The molecule has 0 saturated carbocycles. The third-order valence-electron chi connectivity index (χ3n) is 3.68. The first-order valence-corrected chi connectivity index (χ1v) is 7.67. The highest BCUT2D eigenvalue weighted by atomic mass is 16.6. The van der Waals surface area contributed by atoms with Gasteiger partial charge in [-0.15, -0.1) is 0 Å². The first-order valence-electron chi connectivity index (χ1n) is 7.67. The molecule has 0 aromatic heterocycles. The number of hydrogen-bond donors (Lipinski definition) is 0. The van der Waals surface area contributed by atoms with Crippen LogP contribution in [-0.2, 0) is 16.0 Å². The van der Waals surface area contributed by atoms with E-state index in [9.17, 15) is 9.59 Å². The molecule has 2 heterocycles. The minimum Gasteiger partial charge on any atom is -0.483 e. The number of benzene rings is 1. The van der Waals surface area contributed by atoms with E-state index in [4.69, 9.17) is 9.47 Å². The van der Waals surface area contributed by atoms with Crippen LogP contribution in [0.1, 0.15) is 45.7 Å². The Morgan fingerprint density at radius 1 is 1.30 bits per heavy atom. The molecule has 0 N–H and O–H groups in total. The third kappa shape index (κ3) is 2.83. The number of nitrogens with zero attached hydrogens (tertiary/aromatic N) is 1. The summed E-state index contributed by atoms with van der Waals surface area (Å²) < 4.78 is 11.3. The molecule has 0 bridgehead atoms. The lowest BCUT2D eigenvalue weighted by molar-refractivity contribution is -0.117. The molecule has 0 atom stereocenters. The molecular weight excluding hydrogens is 294 g/mol. The molecule has 3 rings (SSSR count). The Morgan fingerprint density at radius 2 is 2.00 bits per heavy atom. The Balaban J connectivity index is 2.06. The monoisotopic (exact) mass is 315 g/mol. The number of fused-ring (bicyclic) bond motifs is 3. The molecule has 0 fully saturated rings.